The first-order valence-electron chi connectivity index (χ1n) is 11.3. The van der Waals surface area contributed by atoms with Gasteiger partial charge in [-0.25, -0.2) is 4.68 Å². The maximum Gasteiger partial charge on any atom is 0.276 e. The van der Waals surface area contributed by atoms with E-state index in [1.807, 2.05) is 31.2 Å². The molecule has 1 aromatic carbocycles. The Hall–Kier alpha value is -2.94. The molecule has 2 aliphatic rings. The molecule has 32 heavy (non-hydrogen) atoms. The number of amides is 2. The van der Waals surface area contributed by atoms with Crippen molar-refractivity contribution in [1.82, 2.24) is 25.2 Å². The van der Waals surface area contributed by atoms with Gasteiger partial charge >= 0.3 is 0 Å². The minimum absolute atomic E-state index is 0.0457. The van der Waals surface area contributed by atoms with Crippen molar-refractivity contribution in [3.05, 3.63) is 41.2 Å². The van der Waals surface area contributed by atoms with E-state index in [1.54, 1.807) is 16.7 Å². The number of piperidine rings is 1. The molecule has 2 unspecified atom stereocenters. The number of methoxy groups -OCH3 is 1. The molecular weight excluding hydrogens is 410 g/mol. The SMILES string of the molecule is CCC(C)NC(=O)C1CCN(C(=O)c2nnn3c2COC(c2ccc(OC)cc2)C3)CC1. The van der Waals surface area contributed by atoms with Crippen LogP contribution in [0.15, 0.2) is 24.3 Å². The van der Waals surface area contributed by atoms with E-state index in [9.17, 15) is 9.59 Å². The second-order valence-corrected chi connectivity index (χ2v) is 8.52. The number of carbonyl (C=O) groups is 2. The summed E-state index contributed by atoms with van der Waals surface area (Å²) in [5.74, 6) is 0.694. The molecule has 1 saturated heterocycles. The normalized spacial score (nSPS) is 19.8. The highest BCUT2D eigenvalue weighted by molar-refractivity contribution is 5.93. The molecule has 1 fully saturated rings. The summed E-state index contributed by atoms with van der Waals surface area (Å²) in [5, 5.41) is 11.4. The van der Waals surface area contributed by atoms with E-state index in [0.29, 0.717) is 43.9 Å². The molecule has 3 heterocycles. The van der Waals surface area contributed by atoms with E-state index in [0.717, 1.165) is 17.7 Å². The minimum Gasteiger partial charge on any atom is -0.497 e. The van der Waals surface area contributed by atoms with E-state index < -0.39 is 0 Å². The van der Waals surface area contributed by atoms with Crippen molar-refractivity contribution in [2.45, 2.75) is 58.4 Å². The lowest BCUT2D eigenvalue weighted by molar-refractivity contribution is -0.126. The highest BCUT2D eigenvalue weighted by Crippen LogP contribution is 2.29. The van der Waals surface area contributed by atoms with Crippen LogP contribution in [0.1, 0.15) is 61.0 Å². The second kappa shape index (κ2) is 9.68. The van der Waals surface area contributed by atoms with Crippen LogP contribution < -0.4 is 10.1 Å². The number of aromatic nitrogens is 3. The molecular formula is C23H31N5O4. The summed E-state index contributed by atoms with van der Waals surface area (Å²) in [5.41, 5.74) is 2.08. The lowest BCUT2D eigenvalue weighted by Crippen LogP contribution is -2.45. The summed E-state index contributed by atoms with van der Waals surface area (Å²) in [6.07, 6.45) is 2.07. The number of ether oxygens (including phenoxy) is 2. The predicted molar refractivity (Wildman–Crippen MR) is 117 cm³/mol. The molecule has 172 valence electrons. The molecule has 4 rings (SSSR count). The fourth-order valence-electron chi connectivity index (χ4n) is 4.16. The quantitative estimate of drug-likeness (QED) is 0.739. The molecule has 9 nitrogen and oxygen atoms in total. The first-order chi connectivity index (χ1) is 15.5. The number of hydrogen-bond donors (Lipinski definition) is 1. The van der Waals surface area contributed by atoms with Gasteiger partial charge in [-0.15, -0.1) is 5.10 Å². The van der Waals surface area contributed by atoms with Crippen LogP contribution in [0.4, 0.5) is 0 Å². The van der Waals surface area contributed by atoms with Crippen molar-refractivity contribution in [1.29, 1.82) is 0 Å². The Morgan fingerprint density at radius 2 is 1.97 bits per heavy atom. The van der Waals surface area contributed by atoms with E-state index in [-0.39, 0.29) is 36.5 Å². The summed E-state index contributed by atoms with van der Waals surface area (Å²) in [4.78, 5) is 27.3. The first-order valence-corrected chi connectivity index (χ1v) is 11.3. The Kier molecular flexibility index (Phi) is 6.74. The third kappa shape index (κ3) is 4.62. The number of rotatable bonds is 6. The maximum atomic E-state index is 13.1. The van der Waals surface area contributed by atoms with Gasteiger partial charge in [-0.05, 0) is 43.9 Å². The Morgan fingerprint density at radius 3 is 2.62 bits per heavy atom. The van der Waals surface area contributed by atoms with Crippen molar-refractivity contribution in [2.24, 2.45) is 5.92 Å². The van der Waals surface area contributed by atoms with Crippen molar-refractivity contribution >= 4 is 11.8 Å². The lowest BCUT2D eigenvalue weighted by atomic mass is 9.95. The minimum atomic E-state index is -0.155. The summed E-state index contributed by atoms with van der Waals surface area (Å²) < 4.78 is 13.0. The number of nitrogens with one attached hydrogen (secondary N) is 1. The van der Waals surface area contributed by atoms with Gasteiger partial charge in [0.25, 0.3) is 5.91 Å². The average Bonchev–Trinajstić information content (AvgIpc) is 3.27. The molecule has 2 aromatic rings. The largest absolute Gasteiger partial charge is 0.497 e. The number of fused-ring (bicyclic) bond motifs is 1. The summed E-state index contributed by atoms with van der Waals surface area (Å²) in [6.45, 7) is 5.91. The van der Waals surface area contributed by atoms with Crippen molar-refractivity contribution in [2.75, 3.05) is 20.2 Å². The Morgan fingerprint density at radius 1 is 1.25 bits per heavy atom. The third-order valence-corrected chi connectivity index (χ3v) is 6.44. The number of nitrogens with zero attached hydrogens (tertiary/aromatic N) is 4. The fourth-order valence-corrected chi connectivity index (χ4v) is 4.16. The molecule has 0 bridgehead atoms. The van der Waals surface area contributed by atoms with Gasteiger partial charge in [0.15, 0.2) is 5.69 Å². The molecule has 2 aliphatic heterocycles. The highest BCUT2D eigenvalue weighted by Gasteiger charge is 2.33. The molecule has 0 aliphatic carbocycles. The Balaban J connectivity index is 1.36. The Labute approximate surface area is 188 Å². The van der Waals surface area contributed by atoms with Crippen molar-refractivity contribution < 1.29 is 19.1 Å². The van der Waals surface area contributed by atoms with Gasteiger partial charge in [0.1, 0.15) is 11.9 Å². The molecule has 0 radical (unpaired) electrons. The number of hydrogen-bond acceptors (Lipinski definition) is 6. The molecule has 1 N–H and O–H groups in total. The standard InChI is InChI=1S/C23H31N5O4/c1-4-15(2)24-22(29)17-9-11-27(12-10-17)23(30)21-19-14-32-20(13-28(19)26-25-21)16-5-7-18(31-3)8-6-16/h5-8,15,17,20H,4,9-14H2,1-3H3,(H,24,29). The fraction of sp³-hybridized carbons (Fsp3) is 0.565. The molecule has 2 atom stereocenters. The van der Waals surface area contributed by atoms with Crippen LogP contribution in [-0.4, -0.2) is 57.9 Å². The van der Waals surface area contributed by atoms with Gasteiger partial charge in [0.05, 0.1) is 26.0 Å². The summed E-state index contributed by atoms with van der Waals surface area (Å²) in [6, 6.07) is 7.92. The van der Waals surface area contributed by atoms with Crippen LogP contribution >= 0.6 is 0 Å². The number of carbonyl (C=O) groups excluding carboxylic acids is 2. The predicted octanol–water partition coefficient (Wildman–Crippen LogP) is 2.33. The van der Waals surface area contributed by atoms with Gasteiger partial charge < -0.3 is 19.7 Å². The van der Waals surface area contributed by atoms with Gasteiger partial charge in [-0.3, -0.25) is 9.59 Å². The van der Waals surface area contributed by atoms with Crippen molar-refractivity contribution in [3.63, 3.8) is 0 Å². The zero-order chi connectivity index (χ0) is 22.7. The second-order valence-electron chi connectivity index (χ2n) is 8.52. The Bertz CT molecular complexity index is 950. The van der Waals surface area contributed by atoms with Gasteiger partial charge in [0, 0.05) is 25.0 Å². The zero-order valence-electron chi connectivity index (χ0n) is 18.9. The maximum absolute atomic E-state index is 13.1. The zero-order valence-corrected chi connectivity index (χ0v) is 18.9. The van der Waals surface area contributed by atoms with Crippen LogP contribution in [0, 0.1) is 5.92 Å². The van der Waals surface area contributed by atoms with Crippen LogP contribution in [-0.2, 0) is 22.7 Å². The average molecular weight is 442 g/mol. The monoisotopic (exact) mass is 441 g/mol. The van der Waals surface area contributed by atoms with Gasteiger partial charge in [-0.2, -0.15) is 0 Å². The third-order valence-electron chi connectivity index (χ3n) is 6.44. The van der Waals surface area contributed by atoms with Crippen LogP contribution in [0.3, 0.4) is 0 Å². The first kappa shape index (κ1) is 22.3. The molecule has 9 heteroatoms. The van der Waals surface area contributed by atoms with E-state index in [4.69, 9.17) is 9.47 Å². The molecule has 0 spiro atoms. The molecule has 0 saturated carbocycles. The summed E-state index contributed by atoms with van der Waals surface area (Å²) >= 11 is 0. The van der Waals surface area contributed by atoms with Gasteiger partial charge in [0.2, 0.25) is 5.91 Å². The van der Waals surface area contributed by atoms with Crippen LogP contribution in [0.5, 0.6) is 5.75 Å². The molecule has 2 amide bonds. The topological polar surface area (TPSA) is 98.6 Å². The number of benzene rings is 1. The van der Waals surface area contributed by atoms with Gasteiger partial charge in [-0.1, -0.05) is 24.3 Å². The summed E-state index contributed by atoms with van der Waals surface area (Å²) in [7, 11) is 1.64. The lowest BCUT2D eigenvalue weighted by Gasteiger charge is -2.32. The van der Waals surface area contributed by atoms with Crippen LogP contribution in [0.25, 0.3) is 0 Å². The van der Waals surface area contributed by atoms with Crippen molar-refractivity contribution in [3.8, 4) is 5.75 Å². The smallest absolute Gasteiger partial charge is 0.276 e. The van der Waals surface area contributed by atoms with E-state index >= 15 is 0 Å². The van der Waals surface area contributed by atoms with Crippen LogP contribution in [0.2, 0.25) is 0 Å². The van der Waals surface area contributed by atoms with E-state index in [2.05, 4.69) is 22.6 Å². The molecule has 1 aromatic heterocycles. The number of likely N-dealkylation sites (tertiary alicyclic amines) is 1. The highest BCUT2D eigenvalue weighted by atomic mass is 16.5. The van der Waals surface area contributed by atoms with E-state index in [1.165, 1.54) is 0 Å².